The van der Waals surface area contributed by atoms with E-state index >= 15 is 0 Å². The second-order valence-corrected chi connectivity index (χ2v) is 13.7. The maximum absolute atomic E-state index is 2.39. The minimum atomic E-state index is -2.38. The van der Waals surface area contributed by atoms with Crippen LogP contribution in [-0.2, 0) is 6.16 Å². The molecule has 0 aliphatic rings. The zero-order valence-corrected chi connectivity index (χ0v) is 21.1. The van der Waals surface area contributed by atoms with E-state index in [1.807, 2.05) is 0 Å². The molecule has 0 N–H and O–H groups in total. The van der Waals surface area contributed by atoms with Crippen molar-refractivity contribution < 1.29 is 0 Å². The molecule has 0 saturated heterocycles. The molecule has 0 aliphatic carbocycles. The van der Waals surface area contributed by atoms with Crippen molar-refractivity contribution in [2.75, 3.05) is 0 Å². The Bertz CT molecular complexity index is 1680. The summed E-state index contributed by atoms with van der Waals surface area (Å²) in [7, 11) is -2.38. The van der Waals surface area contributed by atoms with Crippen molar-refractivity contribution in [2.45, 2.75) is 6.16 Å². The minimum absolute atomic E-state index is 1.01. The zero-order chi connectivity index (χ0) is 24.0. The van der Waals surface area contributed by atoms with Crippen LogP contribution in [0.3, 0.4) is 0 Å². The number of benzene rings is 7. The van der Waals surface area contributed by atoms with Gasteiger partial charge in [-0.15, -0.1) is 0 Å². The van der Waals surface area contributed by atoms with Crippen molar-refractivity contribution in [3.05, 3.63) is 151 Å². The molecule has 7 aromatic rings. The molecule has 0 radical (unpaired) electrons. The molecule has 0 spiro atoms. The molecule has 1 heteroatoms. The topological polar surface area (TPSA) is 0 Å². The van der Waals surface area contributed by atoms with Crippen LogP contribution in [-0.4, -0.2) is 0 Å². The van der Waals surface area contributed by atoms with Crippen LogP contribution in [0.2, 0.25) is 0 Å². The summed E-state index contributed by atoms with van der Waals surface area (Å²) in [4.78, 5) is 0. The number of rotatable bonds is 5. The van der Waals surface area contributed by atoms with Gasteiger partial charge in [0.05, 0.1) is 0 Å². The molecular formula is C35H27P. The molecule has 0 saturated carbocycles. The monoisotopic (exact) mass is 478 g/mol. The van der Waals surface area contributed by atoms with E-state index in [2.05, 4.69) is 146 Å². The van der Waals surface area contributed by atoms with Gasteiger partial charge in [-0.25, -0.2) is 0 Å². The Hall–Kier alpha value is -3.99. The zero-order valence-electron chi connectivity index (χ0n) is 20.1. The fraction of sp³-hybridized carbons (Fsp3) is 0.0286. The fourth-order valence-corrected chi connectivity index (χ4v) is 11.0. The quantitative estimate of drug-likeness (QED) is 0.175. The summed E-state index contributed by atoms with van der Waals surface area (Å²) in [6, 6.07) is 54.3. The van der Waals surface area contributed by atoms with Gasteiger partial charge in [-0.3, -0.25) is 0 Å². The maximum atomic E-state index is 2.39. The third kappa shape index (κ3) is 3.26. The van der Waals surface area contributed by atoms with Gasteiger partial charge in [-0.1, -0.05) is 0 Å². The van der Waals surface area contributed by atoms with Crippen molar-refractivity contribution in [2.24, 2.45) is 0 Å². The van der Waals surface area contributed by atoms with Crippen LogP contribution in [0.25, 0.3) is 32.3 Å². The summed E-state index contributed by atoms with van der Waals surface area (Å²) in [5, 5.41) is 12.5. The third-order valence-corrected chi connectivity index (χ3v) is 12.7. The normalized spacial score (nSPS) is 12.4. The Balaban J connectivity index is 1.55. The standard InChI is InChI=1S/C35H27P/c1-4-13-30(14-5-1)36(31-15-6-2-7-16-31,32-17-8-3-9-18-32)25-29-22-21-28-20-19-26-11-10-12-27-23-24-33(29)35(28)34(26)27/h1-24,36H,25H2. The van der Waals surface area contributed by atoms with Gasteiger partial charge in [0, 0.05) is 0 Å². The molecule has 7 aromatic carbocycles. The predicted molar refractivity (Wildman–Crippen MR) is 160 cm³/mol. The van der Waals surface area contributed by atoms with Crippen molar-refractivity contribution in [1.82, 2.24) is 0 Å². The van der Waals surface area contributed by atoms with Crippen LogP contribution in [0.5, 0.6) is 0 Å². The Morgan fingerprint density at radius 3 is 1.33 bits per heavy atom. The number of hydrogen-bond acceptors (Lipinski definition) is 0. The van der Waals surface area contributed by atoms with Crippen LogP contribution in [0.15, 0.2) is 146 Å². The fourth-order valence-electron chi connectivity index (χ4n) is 6.21. The first-order chi connectivity index (χ1) is 17.8. The Kier molecular flexibility index (Phi) is 5.09. The average molecular weight is 479 g/mol. The van der Waals surface area contributed by atoms with Crippen molar-refractivity contribution in [3.63, 3.8) is 0 Å². The molecule has 0 nitrogen and oxygen atoms in total. The average Bonchev–Trinajstić information content (AvgIpc) is 2.96. The van der Waals surface area contributed by atoms with E-state index in [4.69, 9.17) is 0 Å². The molecule has 0 fully saturated rings. The third-order valence-electron chi connectivity index (χ3n) is 7.87. The number of hydrogen-bond donors (Lipinski definition) is 0. The molecule has 0 amide bonds. The molecule has 7 rings (SSSR count). The Labute approximate surface area is 212 Å². The van der Waals surface area contributed by atoms with E-state index in [-0.39, 0.29) is 0 Å². The molecule has 0 heterocycles. The second kappa shape index (κ2) is 8.59. The van der Waals surface area contributed by atoms with Gasteiger partial charge in [0.1, 0.15) is 0 Å². The molecule has 0 atom stereocenters. The van der Waals surface area contributed by atoms with E-state index in [0.29, 0.717) is 0 Å². The molecule has 0 unspecified atom stereocenters. The van der Waals surface area contributed by atoms with E-state index in [0.717, 1.165) is 6.16 Å². The second-order valence-electron chi connectivity index (χ2n) is 9.76. The molecule has 0 aromatic heterocycles. The molecule has 36 heavy (non-hydrogen) atoms. The summed E-state index contributed by atoms with van der Waals surface area (Å²) >= 11 is 0. The summed E-state index contributed by atoms with van der Waals surface area (Å²) in [5.74, 6) is 0. The van der Waals surface area contributed by atoms with Crippen LogP contribution in [0.1, 0.15) is 5.56 Å². The van der Waals surface area contributed by atoms with E-state index in [9.17, 15) is 0 Å². The Morgan fingerprint density at radius 1 is 0.361 bits per heavy atom. The first kappa shape index (κ1) is 21.3. The SMILES string of the molecule is c1ccc([PH](Cc2ccc3ccc4cccc5ccc2c3c45)(c2ccccc2)c2ccccc2)cc1. The van der Waals surface area contributed by atoms with Gasteiger partial charge >= 0.3 is 213 Å². The first-order valence-electron chi connectivity index (χ1n) is 12.7. The predicted octanol–water partition coefficient (Wildman–Crippen LogP) is 7.81. The van der Waals surface area contributed by atoms with Crippen LogP contribution in [0.4, 0.5) is 0 Å². The van der Waals surface area contributed by atoms with Gasteiger partial charge < -0.3 is 0 Å². The molecular weight excluding hydrogens is 451 g/mol. The van der Waals surface area contributed by atoms with E-state index < -0.39 is 7.26 Å². The summed E-state index contributed by atoms with van der Waals surface area (Å²) in [5.41, 5.74) is 1.43. The molecule has 0 bridgehead atoms. The van der Waals surface area contributed by atoms with Gasteiger partial charge in [0.15, 0.2) is 0 Å². The first-order valence-corrected chi connectivity index (χ1v) is 14.9. The van der Waals surface area contributed by atoms with Crippen molar-refractivity contribution in [3.8, 4) is 0 Å². The Morgan fingerprint density at radius 2 is 0.806 bits per heavy atom. The van der Waals surface area contributed by atoms with Gasteiger partial charge in [-0.05, 0) is 0 Å². The van der Waals surface area contributed by atoms with Crippen molar-refractivity contribution >= 4 is 55.5 Å². The molecule has 0 aliphatic heterocycles. The summed E-state index contributed by atoms with van der Waals surface area (Å²) in [6.07, 6.45) is 1.01. The van der Waals surface area contributed by atoms with E-state index in [1.54, 1.807) is 0 Å². The van der Waals surface area contributed by atoms with Crippen LogP contribution < -0.4 is 15.9 Å². The van der Waals surface area contributed by atoms with E-state index in [1.165, 1.54) is 53.8 Å². The van der Waals surface area contributed by atoms with Gasteiger partial charge in [0.25, 0.3) is 0 Å². The summed E-state index contributed by atoms with van der Waals surface area (Å²) in [6.45, 7) is 0. The van der Waals surface area contributed by atoms with Crippen LogP contribution >= 0.6 is 7.26 Å². The van der Waals surface area contributed by atoms with Crippen molar-refractivity contribution in [1.29, 1.82) is 0 Å². The molecule has 172 valence electrons. The van der Waals surface area contributed by atoms with Gasteiger partial charge in [-0.2, -0.15) is 0 Å². The van der Waals surface area contributed by atoms with Gasteiger partial charge in [0.2, 0.25) is 0 Å². The summed E-state index contributed by atoms with van der Waals surface area (Å²) < 4.78 is 0. The van der Waals surface area contributed by atoms with Crippen LogP contribution in [0, 0.1) is 0 Å².